The van der Waals surface area contributed by atoms with Gasteiger partial charge >= 0.3 is 5.97 Å². The maximum Gasteiger partial charge on any atom is 0.335 e. The summed E-state index contributed by atoms with van der Waals surface area (Å²) in [4.78, 5) is 38.0. The van der Waals surface area contributed by atoms with Gasteiger partial charge in [-0.1, -0.05) is 23.3 Å². The number of imide groups is 1. The molecule has 0 spiro atoms. The number of allylic oxidation sites excluding steroid dienone is 4. The predicted molar refractivity (Wildman–Crippen MR) is 87.4 cm³/mol. The zero-order valence-corrected chi connectivity index (χ0v) is 13.4. The number of benzene rings is 1. The molecule has 5 nitrogen and oxygen atoms in total. The van der Waals surface area contributed by atoms with Crippen molar-refractivity contribution in [2.45, 2.75) is 13.8 Å². The summed E-state index contributed by atoms with van der Waals surface area (Å²) in [5.41, 5.74) is 2.98. The second-order valence-corrected chi connectivity index (χ2v) is 6.81. The van der Waals surface area contributed by atoms with E-state index in [1.165, 1.54) is 40.3 Å². The molecule has 2 fully saturated rings. The lowest BCUT2D eigenvalue weighted by Gasteiger charge is -2.19. The van der Waals surface area contributed by atoms with Crippen LogP contribution in [0.5, 0.6) is 0 Å². The van der Waals surface area contributed by atoms with Crippen LogP contribution in [-0.2, 0) is 9.59 Å². The zero-order valence-electron chi connectivity index (χ0n) is 13.4. The topological polar surface area (TPSA) is 74.7 Å². The quantitative estimate of drug-likeness (QED) is 0.670. The van der Waals surface area contributed by atoms with E-state index in [2.05, 4.69) is 12.2 Å². The fraction of sp³-hybridized carbons (Fsp3) is 0.316. The van der Waals surface area contributed by atoms with E-state index in [4.69, 9.17) is 5.11 Å². The molecule has 1 heterocycles. The monoisotopic (exact) mass is 323 g/mol. The van der Waals surface area contributed by atoms with Crippen LogP contribution in [0.2, 0.25) is 0 Å². The normalized spacial score (nSPS) is 30.2. The molecule has 4 rings (SSSR count). The van der Waals surface area contributed by atoms with Crippen LogP contribution in [-0.4, -0.2) is 22.9 Å². The van der Waals surface area contributed by atoms with Crippen LogP contribution in [0.1, 0.15) is 24.2 Å². The summed E-state index contributed by atoms with van der Waals surface area (Å²) in [6, 6.07) is 5.89. The fourth-order valence-corrected chi connectivity index (χ4v) is 4.44. The van der Waals surface area contributed by atoms with E-state index in [1.54, 1.807) is 0 Å². The first-order valence-corrected chi connectivity index (χ1v) is 7.98. The van der Waals surface area contributed by atoms with Gasteiger partial charge in [-0.25, -0.2) is 9.69 Å². The van der Waals surface area contributed by atoms with Gasteiger partial charge < -0.3 is 5.11 Å². The largest absolute Gasteiger partial charge is 0.478 e. The third-order valence-electron chi connectivity index (χ3n) is 5.37. The number of amides is 2. The minimum absolute atomic E-state index is 0.0183. The van der Waals surface area contributed by atoms with Crippen molar-refractivity contribution < 1.29 is 19.5 Å². The van der Waals surface area contributed by atoms with Crippen molar-refractivity contribution in [3.63, 3.8) is 0 Å². The highest BCUT2D eigenvalue weighted by Crippen LogP contribution is 2.57. The molecule has 1 aromatic carbocycles. The van der Waals surface area contributed by atoms with Gasteiger partial charge in [-0.15, -0.1) is 0 Å². The van der Waals surface area contributed by atoms with Crippen LogP contribution in [0, 0.1) is 23.7 Å². The lowest BCUT2D eigenvalue weighted by Crippen LogP contribution is -2.33. The molecule has 2 bridgehead atoms. The van der Waals surface area contributed by atoms with Gasteiger partial charge in [-0.2, -0.15) is 0 Å². The van der Waals surface area contributed by atoms with Gasteiger partial charge in [0, 0.05) is 11.8 Å². The Morgan fingerprint density at radius 3 is 1.88 bits per heavy atom. The summed E-state index contributed by atoms with van der Waals surface area (Å²) >= 11 is 0. The predicted octanol–water partition coefficient (Wildman–Crippen LogP) is 2.64. The summed E-state index contributed by atoms with van der Waals surface area (Å²) in [6.45, 7) is 4.06. The first-order chi connectivity index (χ1) is 11.4. The van der Waals surface area contributed by atoms with E-state index >= 15 is 0 Å². The lowest BCUT2D eigenvalue weighted by molar-refractivity contribution is -0.122. The van der Waals surface area contributed by atoms with Crippen LogP contribution >= 0.6 is 0 Å². The molecule has 1 aromatic rings. The highest BCUT2D eigenvalue weighted by Gasteiger charge is 2.61. The van der Waals surface area contributed by atoms with Crippen molar-refractivity contribution in [2.24, 2.45) is 23.7 Å². The van der Waals surface area contributed by atoms with Crippen molar-refractivity contribution in [1.29, 1.82) is 0 Å². The standard InChI is InChI=1S/C19H17NO4/c1-9(2)14-12-7-8-13(14)16-15(12)17(21)20(18(16)22)11-5-3-10(4-6-11)19(23)24/h3-8,12-13,15-16H,1-2H3,(H,23,24)/t12-,13-,15-,16+/m1/s1. The Bertz CT molecular complexity index is 795. The Morgan fingerprint density at radius 1 is 0.958 bits per heavy atom. The van der Waals surface area contributed by atoms with Gasteiger partial charge in [-0.3, -0.25) is 9.59 Å². The van der Waals surface area contributed by atoms with Gasteiger partial charge in [0.05, 0.1) is 23.1 Å². The molecule has 1 aliphatic heterocycles. The molecular formula is C19H17NO4. The van der Waals surface area contributed by atoms with Crippen molar-refractivity contribution in [2.75, 3.05) is 4.90 Å². The van der Waals surface area contributed by atoms with Crippen molar-refractivity contribution >= 4 is 23.5 Å². The number of carbonyl (C=O) groups is 3. The molecule has 2 aliphatic carbocycles. The van der Waals surface area contributed by atoms with Crippen LogP contribution in [0.15, 0.2) is 47.6 Å². The van der Waals surface area contributed by atoms with E-state index in [1.807, 2.05) is 13.8 Å². The summed E-state index contributed by atoms with van der Waals surface area (Å²) in [5, 5.41) is 8.97. The zero-order chi connectivity index (χ0) is 17.2. The molecule has 1 saturated heterocycles. The number of aromatic carboxylic acids is 1. The van der Waals surface area contributed by atoms with E-state index in [0.29, 0.717) is 5.69 Å². The number of carboxylic acid groups (broad SMARTS) is 1. The third kappa shape index (κ3) is 1.78. The molecule has 3 aliphatic rings. The Balaban J connectivity index is 1.71. The van der Waals surface area contributed by atoms with Crippen molar-refractivity contribution in [1.82, 2.24) is 0 Å². The first-order valence-electron chi connectivity index (χ1n) is 7.98. The fourth-order valence-electron chi connectivity index (χ4n) is 4.44. The number of nitrogens with zero attached hydrogens (tertiary/aromatic N) is 1. The van der Waals surface area contributed by atoms with E-state index in [0.717, 1.165) is 0 Å². The van der Waals surface area contributed by atoms with Gasteiger partial charge in [-0.05, 0) is 38.1 Å². The number of fused-ring (bicyclic) bond motifs is 5. The molecule has 5 heteroatoms. The Morgan fingerprint density at radius 2 is 1.46 bits per heavy atom. The molecule has 1 N–H and O–H groups in total. The number of hydrogen-bond acceptors (Lipinski definition) is 3. The minimum atomic E-state index is -1.03. The highest BCUT2D eigenvalue weighted by molar-refractivity contribution is 6.23. The van der Waals surface area contributed by atoms with E-state index in [-0.39, 0.29) is 41.0 Å². The smallest absolute Gasteiger partial charge is 0.335 e. The highest BCUT2D eigenvalue weighted by atomic mass is 16.4. The molecule has 1 saturated carbocycles. The molecule has 4 atom stereocenters. The molecule has 0 radical (unpaired) electrons. The number of rotatable bonds is 2. The molecule has 2 amide bonds. The number of carbonyl (C=O) groups excluding carboxylic acids is 2. The molecular weight excluding hydrogens is 306 g/mol. The van der Waals surface area contributed by atoms with Gasteiger partial charge in [0.2, 0.25) is 11.8 Å². The van der Waals surface area contributed by atoms with Crippen LogP contribution in [0.25, 0.3) is 0 Å². The minimum Gasteiger partial charge on any atom is -0.478 e. The molecule has 0 unspecified atom stereocenters. The van der Waals surface area contributed by atoms with Crippen LogP contribution < -0.4 is 4.90 Å². The van der Waals surface area contributed by atoms with Crippen LogP contribution in [0.3, 0.4) is 0 Å². The Labute approximate surface area is 139 Å². The van der Waals surface area contributed by atoms with E-state index in [9.17, 15) is 14.4 Å². The Kier molecular flexibility index (Phi) is 3.04. The number of anilines is 1. The second kappa shape index (κ2) is 4.90. The van der Waals surface area contributed by atoms with Gasteiger partial charge in [0.15, 0.2) is 0 Å². The summed E-state index contributed by atoms with van der Waals surface area (Å²) in [7, 11) is 0. The van der Waals surface area contributed by atoms with Gasteiger partial charge in [0.1, 0.15) is 0 Å². The average Bonchev–Trinajstić information content (AvgIpc) is 3.18. The number of hydrogen-bond donors (Lipinski definition) is 1. The second-order valence-electron chi connectivity index (χ2n) is 6.81. The summed E-state index contributed by atoms with van der Waals surface area (Å²) < 4.78 is 0. The maximum atomic E-state index is 12.9. The lowest BCUT2D eigenvalue weighted by atomic mass is 9.85. The number of carboxylic acids is 1. The van der Waals surface area contributed by atoms with Crippen molar-refractivity contribution in [3.05, 3.63) is 53.1 Å². The van der Waals surface area contributed by atoms with Gasteiger partial charge in [0.25, 0.3) is 0 Å². The van der Waals surface area contributed by atoms with Crippen LogP contribution in [0.4, 0.5) is 5.69 Å². The van der Waals surface area contributed by atoms with E-state index < -0.39 is 5.97 Å². The summed E-state index contributed by atoms with van der Waals surface area (Å²) in [6.07, 6.45) is 4.10. The van der Waals surface area contributed by atoms with Crippen molar-refractivity contribution in [3.8, 4) is 0 Å². The summed E-state index contributed by atoms with van der Waals surface area (Å²) in [5.74, 6) is -2.00. The third-order valence-corrected chi connectivity index (χ3v) is 5.37. The molecule has 0 aromatic heterocycles. The average molecular weight is 323 g/mol. The molecule has 24 heavy (non-hydrogen) atoms. The first kappa shape index (κ1) is 14.9. The maximum absolute atomic E-state index is 12.9. The molecule has 122 valence electrons. The SMILES string of the molecule is CC(C)=C1[C@H]2C=C[C@H]1[C@H]1C(=O)N(c3ccc(C(=O)O)cc3)C(=O)[C@H]12. The Hall–Kier alpha value is -2.69.